The summed E-state index contributed by atoms with van der Waals surface area (Å²) in [5, 5.41) is 41.1. The van der Waals surface area contributed by atoms with Crippen molar-refractivity contribution in [2.75, 3.05) is 13.7 Å². The third kappa shape index (κ3) is 5.16. The zero-order valence-corrected chi connectivity index (χ0v) is 6.66. The van der Waals surface area contributed by atoms with E-state index in [1.807, 2.05) is 0 Å². The monoisotopic (exact) mass is 182 g/mol. The molecule has 6 nitrogen and oxygen atoms in total. The summed E-state index contributed by atoms with van der Waals surface area (Å²) < 4.78 is 0. The number of rotatable bonds is 4. The van der Waals surface area contributed by atoms with E-state index in [9.17, 15) is 4.79 Å². The molecule has 0 saturated heterocycles. The van der Waals surface area contributed by atoms with E-state index in [-0.39, 0.29) is 6.29 Å². The fourth-order valence-corrected chi connectivity index (χ4v) is 0.416. The number of aliphatic hydroxyl groups is 5. The maximum atomic E-state index is 9.76. The van der Waals surface area contributed by atoms with Gasteiger partial charge in [-0.2, -0.15) is 0 Å². The molecule has 0 aliphatic carbocycles. The number of carbonyl (C=O) groups excluding carboxylic acids is 1. The molecule has 0 aliphatic rings. The van der Waals surface area contributed by atoms with Crippen LogP contribution in [0.1, 0.15) is 0 Å². The Bertz CT molecular complexity index is 106. The van der Waals surface area contributed by atoms with Gasteiger partial charge in [0.15, 0.2) is 6.29 Å². The molecule has 0 rings (SSSR count). The van der Waals surface area contributed by atoms with Gasteiger partial charge in [0.1, 0.15) is 18.3 Å². The molecule has 0 amide bonds. The lowest BCUT2D eigenvalue weighted by Gasteiger charge is -2.16. The molecule has 0 aromatic carbocycles. The lowest BCUT2D eigenvalue weighted by Crippen LogP contribution is -2.40. The molecule has 0 bridgehead atoms. The maximum absolute atomic E-state index is 9.76. The third-order valence-electron chi connectivity index (χ3n) is 1.07. The lowest BCUT2D eigenvalue weighted by molar-refractivity contribution is -0.127. The second-order valence-corrected chi connectivity index (χ2v) is 1.87. The van der Waals surface area contributed by atoms with Crippen molar-refractivity contribution in [1.82, 2.24) is 0 Å². The van der Waals surface area contributed by atoms with Gasteiger partial charge >= 0.3 is 0 Å². The number of hydrogen-bond acceptors (Lipinski definition) is 6. The van der Waals surface area contributed by atoms with Crippen LogP contribution in [0.15, 0.2) is 0 Å². The Balaban J connectivity index is 0. The molecular weight excluding hydrogens is 168 g/mol. The van der Waals surface area contributed by atoms with Crippen molar-refractivity contribution in [2.45, 2.75) is 18.3 Å². The van der Waals surface area contributed by atoms with Crippen LogP contribution in [0.25, 0.3) is 0 Å². The van der Waals surface area contributed by atoms with Crippen molar-refractivity contribution in [3.8, 4) is 0 Å². The molecule has 5 N–H and O–H groups in total. The zero-order valence-electron chi connectivity index (χ0n) is 6.66. The largest absolute Gasteiger partial charge is 0.400 e. The standard InChI is InChI=1S/C5H10O5.CH4O/c6-1-3(8)5(10)4(9)2-7;1-2/h1,3-5,7-10H,2H2;2H,1H3. The minimum absolute atomic E-state index is 0.0869. The van der Waals surface area contributed by atoms with Gasteiger partial charge < -0.3 is 30.3 Å². The quantitative estimate of drug-likeness (QED) is 0.293. The number of aldehydes is 1. The molecular formula is C6H14O6. The fraction of sp³-hybridized carbons (Fsp3) is 0.833. The Morgan fingerprint density at radius 2 is 1.67 bits per heavy atom. The van der Waals surface area contributed by atoms with E-state index in [1.165, 1.54) is 0 Å². The summed E-state index contributed by atoms with van der Waals surface area (Å²) in [6.45, 7) is -0.688. The van der Waals surface area contributed by atoms with Crippen molar-refractivity contribution >= 4 is 6.29 Å². The Morgan fingerprint density at radius 1 is 1.25 bits per heavy atom. The van der Waals surface area contributed by atoms with E-state index >= 15 is 0 Å². The van der Waals surface area contributed by atoms with Crippen LogP contribution in [-0.2, 0) is 4.79 Å². The molecule has 0 aromatic rings. The predicted molar refractivity (Wildman–Crippen MR) is 39.3 cm³/mol. The topological polar surface area (TPSA) is 118 Å². The highest BCUT2D eigenvalue weighted by Crippen LogP contribution is 1.96. The van der Waals surface area contributed by atoms with Crippen molar-refractivity contribution in [3.05, 3.63) is 0 Å². The molecule has 0 fully saturated rings. The van der Waals surface area contributed by atoms with Crippen LogP contribution < -0.4 is 0 Å². The molecule has 3 unspecified atom stereocenters. The summed E-state index contributed by atoms with van der Waals surface area (Å²) in [5.41, 5.74) is 0. The fourth-order valence-electron chi connectivity index (χ4n) is 0.416. The summed E-state index contributed by atoms with van der Waals surface area (Å²) >= 11 is 0. The second kappa shape index (κ2) is 8.57. The highest BCUT2D eigenvalue weighted by atomic mass is 16.4. The first-order valence-corrected chi connectivity index (χ1v) is 3.18. The highest BCUT2D eigenvalue weighted by molar-refractivity contribution is 5.56. The van der Waals surface area contributed by atoms with Gasteiger partial charge in [-0.1, -0.05) is 0 Å². The van der Waals surface area contributed by atoms with Crippen LogP contribution in [0, 0.1) is 0 Å². The minimum atomic E-state index is -1.64. The zero-order chi connectivity index (χ0) is 10.1. The lowest BCUT2D eigenvalue weighted by atomic mass is 10.1. The van der Waals surface area contributed by atoms with Gasteiger partial charge in [-0.25, -0.2) is 0 Å². The van der Waals surface area contributed by atoms with Gasteiger partial charge in [-0.3, -0.25) is 0 Å². The minimum Gasteiger partial charge on any atom is -0.400 e. The molecule has 0 spiro atoms. The van der Waals surface area contributed by atoms with Gasteiger partial charge in [0.05, 0.1) is 6.61 Å². The Morgan fingerprint density at radius 3 is 1.92 bits per heavy atom. The van der Waals surface area contributed by atoms with E-state index < -0.39 is 24.9 Å². The number of hydrogen-bond donors (Lipinski definition) is 5. The molecule has 6 heteroatoms. The van der Waals surface area contributed by atoms with Crippen LogP contribution in [-0.4, -0.2) is 63.8 Å². The summed E-state index contributed by atoms with van der Waals surface area (Å²) in [6, 6.07) is 0. The third-order valence-corrected chi connectivity index (χ3v) is 1.07. The summed E-state index contributed by atoms with van der Waals surface area (Å²) in [4.78, 5) is 9.76. The van der Waals surface area contributed by atoms with Gasteiger partial charge in [0.25, 0.3) is 0 Å². The van der Waals surface area contributed by atoms with Crippen molar-refractivity contribution < 1.29 is 30.3 Å². The van der Waals surface area contributed by atoms with Crippen LogP contribution in [0.5, 0.6) is 0 Å². The van der Waals surface area contributed by atoms with Crippen LogP contribution >= 0.6 is 0 Å². The van der Waals surface area contributed by atoms with Gasteiger partial charge in [0, 0.05) is 7.11 Å². The molecule has 3 atom stereocenters. The van der Waals surface area contributed by atoms with Gasteiger partial charge in [-0.15, -0.1) is 0 Å². The Hall–Kier alpha value is -0.530. The van der Waals surface area contributed by atoms with Crippen molar-refractivity contribution in [2.24, 2.45) is 0 Å². The first kappa shape index (κ1) is 14.0. The number of carbonyl (C=O) groups is 1. The molecule has 0 aliphatic heterocycles. The van der Waals surface area contributed by atoms with E-state index in [0.717, 1.165) is 7.11 Å². The van der Waals surface area contributed by atoms with Gasteiger partial charge in [0.2, 0.25) is 0 Å². The first-order valence-electron chi connectivity index (χ1n) is 3.18. The van der Waals surface area contributed by atoms with E-state index in [4.69, 9.17) is 25.5 Å². The second-order valence-electron chi connectivity index (χ2n) is 1.87. The summed E-state index contributed by atoms with van der Waals surface area (Å²) in [5.74, 6) is 0. The van der Waals surface area contributed by atoms with E-state index in [0.29, 0.717) is 0 Å². The predicted octanol–water partition coefficient (Wildman–Crippen LogP) is -3.13. The molecule has 0 saturated carbocycles. The highest BCUT2D eigenvalue weighted by Gasteiger charge is 2.22. The Labute approximate surface area is 69.7 Å². The number of aliphatic hydroxyl groups excluding tert-OH is 5. The van der Waals surface area contributed by atoms with Crippen LogP contribution in [0.2, 0.25) is 0 Å². The van der Waals surface area contributed by atoms with E-state index in [1.54, 1.807) is 0 Å². The maximum Gasteiger partial charge on any atom is 0.151 e. The SMILES string of the molecule is CO.O=CC(O)C(O)C(O)CO. The summed E-state index contributed by atoms with van der Waals surface area (Å²) in [6.07, 6.45) is -4.63. The van der Waals surface area contributed by atoms with Crippen molar-refractivity contribution in [1.29, 1.82) is 0 Å². The van der Waals surface area contributed by atoms with Crippen molar-refractivity contribution in [3.63, 3.8) is 0 Å². The van der Waals surface area contributed by atoms with Crippen LogP contribution in [0.4, 0.5) is 0 Å². The molecule has 0 heterocycles. The normalized spacial score (nSPS) is 16.8. The van der Waals surface area contributed by atoms with E-state index in [2.05, 4.69) is 0 Å². The smallest absolute Gasteiger partial charge is 0.151 e. The Kier molecular flexibility index (Phi) is 10.0. The molecule has 12 heavy (non-hydrogen) atoms. The average molecular weight is 182 g/mol. The molecule has 0 aromatic heterocycles. The average Bonchev–Trinajstić information content (AvgIpc) is 2.17. The first-order chi connectivity index (χ1) is 5.63. The summed E-state index contributed by atoms with van der Waals surface area (Å²) in [7, 11) is 1.00. The molecule has 0 radical (unpaired) electrons. The molecule has 74 valence electrons. The van der Waals surface area contributed by atoms with Crippen LogP contribution in [0.3, 0.4) is 0 Å². The van der Waals surface area contributed by atoms with Gasteiger partial charge in [-0.05, 0) is 0 Å².